The maximum Gasteiger partial charge on any atom is 0 e. The predicted octanol–water partition coefficient (Wildman–Crippen LogP) is 29.4. The number of ketones is 1. The van der Waals surface area contributed by atoms with Crippen molar-refractivity contribution in [3.8, 4) is 0 Å². The molecule has 13 heteroatoms. The van der Waals surface area contributed by atoms with E-state index in [1.54, 1.807) is 30.2 Å². The molecule has 4 saturated carbocycles. The zero-order chi connectivity index (χ0) is 78.3. The van der Waals surface area contributed by atoms with Crippen molar-refractivity contribution >= 4 is 19.7 Å². The number of aliphatic hydroxyl groups excluding tert-OH is 1. The van der Waals surface area contributed by atoms with Gasteiger partial charge in [0.05, 0.1) is 0 Å². The van der Waals surface area contributed by atoms with Crippen molar-refractivity contribution in [3.05, 3.63) is 124 Å². The van der Waals surface area contributed by atoms with Crippen LogP contribution in [0.4, 0.5) is 0 Å². The molecule has 7 nitrogen and oxygen atoms in total. The van der Waals surface area contributed by atoms with Gasteiger partial charge in [-0.1, -0.05) is 335 Å². The number of allylic oxidation sites excluding steroid dienone is 8. The summed E-state index contributed by atoms with van der Waals surface area (Å²) in [4.78, 5) is 27.9. The molecule has 0 saturated heterocycles. The Kier molecular flexibility index (Phi) is 385. The predicted molar refractivity (Wildman–Crippen MR) is 440 cm³/mol. The summed E-state index contributed by atoms with van der Waals surface area (Å²) in [6.07, 6.45) is 47.6. The van der Waals surface area contributed by atoms with Crippen molar-refractivity contribution in [1.82, 2.24) is 5.32 Å². The summed E-state index contributed by atoms with van der Waals surface area (Å²) in [6, 6.07) is 0. The molecule has 99 heavy (non-hydrogen) atoms. The van der Waals surface area contributed by atoms with Crippen LogP contribution < -0.4 is 5.32 Å². The minimum atomic E-state index is -1.15. The van der Waals surface area contributed by atoms with Gasteiger partial charge in [-0.25, -0.2) is 6.57 Å². The number of nitrogens with zero attached hydrogens (tertiary/aromatic N) is 2. The first-order valence-corrected chi connectivity index (χ1v) is 39.6. The fourth-order valence-electron chi connectivity index (χ4n) is 5.01. The zero-order valence-corrected chi connectivity index (χ0v) is 88.2. The smallest absolute Gasteiger partial charge is 0 e. The second-order valence-electron chi connectivity index (χ2n) is 18.2. The SMILES string of the molecule is C.C.C1CCCC1.C1CCCC1.C1CCCC1.C1CCCC1.CC.CC.CC.CC.CC.CC.CC.CC.CCC.CCC.CCC.CCC.CC[C](C)=[W].[C-]#[N+]C(C)(CO)NC(C)=O.[C-]#[N+]C(C)(CO[C](=[W])CC)CC(C)=O.[CH-]=CC=[CH-].[CH-]=CC=[CH-].[CH-]=CC=[CH-].[CH-]=CC=[CH-].[Y].[Y].[Y].[Y]. The Labute approximate surface area is 755 Å². The summed E-state index contributed by atoms with van der Waals surface area (Å²) >= 11 is 2.92. The standard InChI is InChI=1S/C10H15NO2.C6H10N2O2.4C5H10.C4H8.4C4H4.4C3H8.8C2H6.2CH4.2W.4Y/c1-5-6-13-8-10(3,11-4)7-9(2)12;1-5(10)8-6(2,4-9)7-3;4*1-2-4-5-3-1;5*1-3-4-2;4*1-3-2;8*1-2;;;;;;;;/h5,7-8H2,1-3H3;9H,4H2,1-2H3,(H,8,10);4*1-5H2;3H2,1-2H3;4*1-4H;4*3H2,1-2H3;8*1-2H3;2*1H4;;;;;;/q;;;;;;;4*-2;;;;;;;;;;;;;;;;;;;;. The summed E-state index contributed by atoms with van der Waals surface area (Å²) in [7, 11) is 0. The molecule has 0 aromatic rings. The molecule has 0 spiro atoms. The van der Waals surface area contributed by atoms with Gasteiger partial charge in [-0.3, -0.25) is 15.0 Å². The van der Waals surface area contributed by atoms with Crippen LogP contribution in [0.15, 0.2) is 48.6 Å². The topological polar surface area (TPSA) is 84.3 Å². The molecule has 4 radical (unpaired) electrons. The molecule has 1 amide bonds. The van der Waals surface area contributed by atoms with E-state index >= 15 is 0 Å². The fraction of sp³-hybridized carbons (Fsp3) is 0.744. The van der Waals surface area contributed by atoms with Crippen molar-refractivity contribution < 1.29 is 189 Å². The number of hydrogen-bond acceptors (Lipinski definition) is 4. The van der Waals surface area contributed by atoms with E-state index in [9.17, 15) is 9.59 Å². The van der Waals surface area contributed by atoms with E-state index in [2.05, 4.69) is 84.2 Å². The minimum Gasteiger partial charge on any atom is -0.394 e. The van der Waals surface area contributed by atoms with Gasteiger partial charge < -0.3 is 106 Å². The fourth-order valence-corrected chi connectivity index (χ4v) is 5.23. The molecule has 2 N–H and O–H groups in total. The van der Waals surface area contributed by atoms with E-state index in [1.807, 2.05) is 118 Å². The monoisotopic (exact) mass is 2040 g/mol. The number of ether oxygens (including phenoxy) is 1. The van der Waals surface area contributed by atoms with Crippen LogP contribution in [-0.4, -0.2) is 49.2 Å². The van der Waals surface area contributed by atoms with E-state index in [-0.39, 0.29) is 170 Å². The second-order valence-corrected chi connectivity index (χ2v) is 22.4. The van der Waals surface area contributed by atoms with E-state index < -0.39 is 11.2 Å². The Morgan fingerprint density at radius 2 is 0.576 bits per heavy atom. The Morgan fingerprint density at radius 3 is 0.646 bits per heavy atom. The van der Waals surface area contributed by atoms with Crippen LogP contribution in [0.5, 0.6) is 0 Å². The summed E-state index contributed by atoms with van der Waals surface area (Å²) in [5.74, 6) is -0.277. The van der Waals surface area contributed by atoms with Gasteiger partial charge in [-0.15, -0.1) is 0 Å². The van der Waals surface area contributed by atoms with Crippen molar-refractivity contribution in [2.75, 3.05) is 13.2 Å². The van der Waals surface area contributed by atoms with Gasteiger partial charge in [0.25, 0.3) is 0 Å². The van der Waals surface area contributed by atoms with Gasteiger partial charge in [0.2, 0.25) is 5.91 Å². The molecule has 4 rings (SSSR count). The molecule has 4 aliphatic rings. The van der Waals surface area contributed by atoms with Crippen LogP contribution in [0, 0.1) is 65.8 Å². The molecule has 4 fully saturated rings. The third-order valence-corrected chi connectivity index (χ3v) is 11.2. The number of aliphatic hydroxyl groups is 1. The van der Waals surface area contributed by atoms with Crippen LogP contribution in [0.3, 0.4) is 0 Å². The van der Waals surface area contributed by atoms with Crippen LogP contribution in [0.2, 0.25) is 0 Å². The first-order valence-electron chi connectivity index (χ1n) is 36.7. The van der Waals surface area contributed by atoms with E-state index in [0.717, 1.165) is 10.5 Å². The van der Waals surface area contributed by atoms with E-state index in [1.165, 1.54) is 249 Å². The largest absolute Gasteiger partial charge is 0.394 e. The number of rotatable bonds is 13. The maximum absolute atomic E-state index is 10.9. The van der Waals surface area contributed by atoms with Crippen molar-refractivity contribution in [2.45, 2.75) is 414 Å². The molecule has 0 heterocycles. The molecule has 592 valence electrons. The number of Topliss-reactive ketones (excluding diaryl/α,β-unsaturated/α-hetero) is 1. The summed E-state index contributed by atoms with van der Waals surface area (Å²) < 4.78 is 8.01. The van der Waals surface area contributed by atoms with Gasteiger partial charge in [0.1, 0.15) is 6.61 Å². The summed E-state index contributed by atoms with van der Waals surface area (Å²) in [6.45, 7) is 113. The first kappa shape index (κ1) is 175. The number of amides is 1. The molecule has 0 aromatic carbocycles. The van der Waals surface area contributed by atoms with Crippen LogP contribution in [-0.2, 0) is 184 Å². The van der Waals surface area contributed by atoms with Crippen molar-refractivity contribution in [1.29, 1.82) is 0 Å². The van der Waals surface area contributed by atoms with Crippen LogP contribution in [0.1, 0.15) is 403 Å². The molecule has 2 atom stereocenters. The van der Waals surface area contributed by atoms with Crippen molar-refractivity contribution in [2.24, 2.45) is 0 Å². The third kappa shape index (κ3) is 318. The van der Waals surface area contributed by atoms with Crippen molar-refractivity contribution in [3.63, 3.8) is 0 Å². The van der Waals surface area contributed by atoms with Gasteiger partial charge in [-0.05, 0) is 0 Å². The maximum atomic E-state index is 10.9. The molecular weight excluding hydrogens is 1860 g/mol. The number of nitrogens with one attached hydrogen (secondary N) is 1. The van der Waals surface area contributed by atoms with E-state index in [0.29, 0.717) is 6.61 Å². The second kappa shape index (κ2) is 218. The molecule has 0 aliphatic heterocycles. The molecule has 0 aromatic heterocycles. The van der Waals surface area contributed by atoms with Gasteiger partial charge in [0.15, 0.2) is 0 Å². The quantitative estimate of drug-likeness (QED) is 0.142. The number of hydrogen-bond donors (Lipinski definition) is 2. The first-order chi connectivity index (χ1) is 44.6. The Hall–Kier alpha value is 1.49. The molecular formula is C86H177N3O4W2Y4-8. The average molecular weight is 2040 g/mol. The van der Waals surface area contributed by atoms with E-state index in [4.69, 9.17) is 75.6 Å². The van der Waals surface area contributed by atoms with Gasteiger partial charge >= 0.3 is 145 Å². The molecule has 0 bridgehead atoms. The molecule has 4 aliphatic carbocycles. The minimum absolute atomic E-state index is 0. The number of carbonyl (C=O) groups is 2. The Bertz CT molecular complexity index is 1240. The Morgan fingerprint density at radius 1 is 0.414 bits per heavy atom. The van der Waals surface area contributed by atoms with Gasteiger partial charge in [0, 0.05) is 145 Å². The summed E-state index contributed by atoms with van der Waals surface area (Å²) in [5, 5.41) is 10.9. The molecule has 2 unspecified atom stereocenters. The zero-order valence-electron chi connectivity index (χ0n) is 70.9. The number of carbonyl (C=O) groups excluding carboxylic acids is 2. The Balaban J connectivity index is -0.0000000258. The van der Waals surface area contributed by atoms with Gasteiger partial charge in [-0.2, -0.15) is 0 Å². The third-order valence-electron chi connectivity index (χ3n) is 8.67. The van der Waals surface area contributed by atoms with Crippen LogP contribution >= 0.6 is 0 Å². The average Bonchev–Trinajstić information content (AvgIpc) is 1.90. The normalized spacial score (nSPS) is 10.8. The summed E-state index contributed by atoms with van der Waals surface area (Å²) in [5.41, 5.74) is -1.84. The van der Waals surface area contributed by atoms with Crippen LogP contribution in [0.25, 0.3) is 9.69 Å².